The zero-order valence-electron chi connectivity index (χ0n) is 20.5. The average molecular weight is 544 g/mol. The van der Waals surface area contributed by atoms with Gasteiger partial charge in [0.2, 0.25) is 17.1 Å². The number of H-pyrrole nitrogens is 1. The van der Waals surface area contributed by atoms with Crippen LogP contribution in [0.4, 0.5) is 22.0 Å². The second kappa shape index (κ2) is 10.1. The lowest BCUT2D eigenvalue weighted by Gasteiger charge is -2.32. The van der Waals surface area contributed by atoms with E-state index in [9.17, 15) is 31.9 Å². The summed E-state index contributed by atoms with van der Waals surface area (Å²) < 4.78 is 87.0. The molecule has 1 aliphatic heterocycles. The Hall–Kier alpha value is -3.29. The highest BCUT2D eigenvalue weighted by atomic mass is 19.4. The first-order valence-corrected chi connectivity index (χ1v) is 11.5. The van der Waals surface area contributed by atoms with Gasteiger partial charge in [-0.2, -0.15) is 17.6 Å². The van der Waals surface area contributed by atoms with Crippen LogP contribution in [0.5, 0.6) is 11.6 Å². The van der Waals surface area contributed by atoms with Crippen LogP contribution in [0, 0.1) is 17.6 Å². The molecule has 3 heterocycles. The number of fused-ring (bicyclic) bond motifs is 1. The van der Waals surface area contributed by atoms with Gasteiger partial charge in [0, 0.05) is 35.2 Å². The second-order valence-electron chi connectivity index (χ2n) is 9.22. The third-order valence-corrected chi connectivity index (χ3v) is 6.92. The lowest BCUT2D eigenvalue weighted by Crippen LogP contribution is -2.46. The van der Waals surface area contributed by atoms with Crippen LogP contribution in [-0.4, -0.2) is 58.4 Å². The number of methoxy groups -OCH3 is 1. The van der Waals surface area contributed by atoms with Crippen molar-refractivity contribution in [3.8, 4) is 11.6 Å². The third kappa shape index (κ3) is 4.69. The first-order chi connectivity index (χ1) is 17.8. The molecule has 1 aliphatic rings. The van der Waals surface area contributed by atoms with E-state index < -0.39 is 65.2 Å². The Morgan fingerprint density at radius 1 is 1.24 bits per heavy atom. The van der Waals surface area contributed by atoms with Gasteiger partial charge in [0.15, 0.2) is 17.2 Å². The van der Waals surface area contributed by atoms with Crippen molar-refractivity contribution >= 4 is 11.0 Å². The summed E-state index contributed by atoms with van der Waals surface area (Å²) in [5.74, 6) is -5.68. The number of hydrogen-bond donors (Lipinski definition) is 3. The van der Waals surface area contributed by atoms with Gasteiger partial charge in [0.05, 0.1) is 19.2 Å². The molecule has 206 valence electrons. The van der Waals surface area contributed by atoms with Crippen LogP contribution in [0.25, 0.3) is 11.0 Å². The van der Waals surface area contributed by atoms with Crippen LogP contribution < -0.4 is 14.9 Å². The molecule has 0 aliphatic carbocycles. The fourth-order valence-corrected chi connectivity index (χ4v) is 4.68. The molecule has 5 atom stereocenters. The first kappa shape index (κ1) is 27.7. The van der Waals surface area contributed by atoms with Crippen molar-refractivity contribution in [2.75, 3.05) is 20.3 Å². The van der Waals surface area contributed by atoms with Crippen LogP contribution in [0.1, 0.15) is 37.1 Å². The van der Waals surface area contributed by atoms with E-state index in [-0.39, 0.29) is 34.8 Å². The number of benzene rings is 1. The summed E-state index contributed by atoms with van der Waals surface area (Å²) in [6, 6.07) is 5.73. The maximum absolute atomic E-state index is 14.6. The molecule has 38 heavy (non-hydrogen) atoms. The number of nitrogens with one attached hydrogen (secondary N) is 1. The molecule has 0 radical (unpaired) electrons. The molecule has 8 nitrogen and oxygen atoms in total. The summed E-state index contributed by atoms with van der Waals surface area (Å²) in [4.78, 5) is 19.9. The monoisotopic (exact) mass is 544 g/mol. The quantitative estimate of drug-likeness (QED) is 0.388. The molecular weight excluding hydrogens is 519 g/mol. The van der Waals surface area contributed by atoms with E-state index >= 15 is 0 Å². The van der Waals surface area contributed by atoms with Crippen molar-refractivity contribution in [3.63, 3.8) is 0 Å². The van der Waals surface area contributed by atoms with Gasteiger partial charge in [0.1, 0.15) is 24.3 Å². The predicted molar refractivity (Wildman–Crippen MR) is 124 cm³/mol. The van der Waals surface area contributed by atoms with Gasteiger partial charge in [0.25, 0.3) is 0 Å². The number of nitrogens with zero attached hydrogens (tertiary/aromatic N) is 1. The van der Waals surface area contributed by atoms with Crippen molar-refractivity contribution in [2.45, 2.75) is 43.8 Å². The summed E-state index contributed by atoms with van der Waals surface area (Å²) >= 11 is 0. The Morgan fingerprint density at radius 2 is 1.95 bits per heavy atom. The van der Waals surface area contributed by atoms with Crippen LogP contribution in [0.3, 0.4) is 0 Å². The molecule has 0 bridgehead atoms. The number of ether oxygens (including phenoxy) is 3. The van der Waals surface area contributed by atoms with Crippen LogP contribution in [-0.2, 0) is 4.74 Å². The molecule has 2 aromatic heterocycles. The fraction of sp³-hybridized carbons (Fsp3) is 0.440. The number of rotatable bonds is 7. The van der Waals surface area contributed by atoms with E-state index in [2.05, 4.69) is 9.97 Å². The Labute approximate surface area is 213 Å². The third-order valence-electron chi connectivity index (χ3n) is 6.92. The minimum absolute atomic E-state index is 0.0250. The summed E-state index contributed by atoms with van der Waals surface area (Å²) in [5, 5.41) is 18.3. The van der Waals surface area contributed by atoms with Crippen molar-refractivity contribution < 1.29 is 46.4 Å². The molecule has 1 unspecified atom stereocenters. The van der Waals surface area contributed by atoms with Crippen LogP contribution in [0.15, 0.2) is 35.1 Å². The zero-order valence-corrected chi connectivity index (χ0v) is 20.5. The van der Waals surface area contributed by atoms with E-state index in [1.54, 1.807) is 0 Å². The fourth-order valence-electron chi connectivity index (χ4n) is 4.68. The molecule has 0 spiro atoms. The topological polar surface area (TPSA) is 114 Å². The molecule has 1 saturated heterocycles. The number of aromatic amines is 1. The van der Waals surface area contributed by atoms with Gasteiger partial charge in [-0.1, -0.05) is 13.0 Å². The second-order valence-corrected chi connectivity index (χ2v) is 9.22. The SMILES string of the molecule is COc1c([C@H]2[C@H](c3cc(=O)c4nc(OCC(O)CO)ccc4[nH]3)O[C@@](C)(C(F)(F)F)[C@H]2C)ccc(F)c1F. The molecule has 4 rings (SSSR count). The number of aromatic nitrogens is 2. The van der Waals surface area contributed by atoms with Crippen molar-refractivity contribution in [1.29, 1.82) is 0 Å². The number of pyridine rings is 2. The normalized spacial score (nSPS) is 24.5. The van der Waals surface area contributed by atoms with Crippen LogP contribution in [0.2, 0.25) is 0 Å². The predicted octanol–water partition coefficient (Wildman–Crippen LogP) is 3.75. The van der Waals surface area contributed by atoms with Gasteiger partial charge in [-0.3, -0.25) is 4.79 Å². The highest BCUT2D eigenvalue weighted by Crippen LogP contribution is 2.59. The number of aliphatic hydroxyl groups is 2. The Morgan fingerprint density at radius 3 is 2.58 bits per heavy atom. The number of alkyl halides is 3. The van der Waals surface area contributed by atoms with Crippen molar-refractivity contribution in [3.05, 3.63) is 63.4 Å². The van der Waals surface area contributed by atoms with Gasteiger partial charge < -0.3 is 29.4 Å². The van der Waals surface area contributed by atoms with E-state index in [0.29, 0.717) is 0 Å². The van der Waals surface area contributed by atoms with Gasteiger partial charge in [-0.25, -0.2) is 9.37 Å². The molecule has 1 aromatic carbocycles. The molecule has 0 amide bonds. The lowest BCUT2D eigenvalue weighted by molar-refractivity contribution is -0.275. The average Bonchev–Trinajstić information content (AvgIpc) is 3.15. The van der Waals surface area contributed by atoms with Crippen molar-refractivity contribution in [2.24, 2.45) is 5.92 Å². The Bertz CT molecular complexity index is 1400. The molecule has 13 heteroatoms. The minimum atomic E-state index is -4.84. The highest BCUT2D eigenvalue weighted by molar-refractivity contribution is 5.74. The summed E-state index contributed by atoms with van der Waals surface area (Å²) in [6.45, 7) is 1.32. The van der Waals surface area contributed by atoms with E-state index in [1.807, 2.05) is 0 Å². The largest absolute Gasteiger partial charge is 0.493 e. The number of halogens is 5. The number of hydrogen-bond acceptors (Lipinski definition) is 7. The van der Waals surface area contributed by atoms with Crippen molar-refractivity contribution in [1.82, 2.24) is 9.97 Å². The summed E-state index contributed by atoms with van der Waals surface area (Å²) in [7, 11) is 1.07. The van der Waals surface area contributed by atoms with Gasteiger partial charge >= 0.3 is 6.18 Å². The molecule has 0 saturated carbocycles. The van der Waals surface area contributed by atoms with Gasteiger partial charge in [-0.05, 0) is 19.1 Å². The van der Waals surface area contributed by atoms with E-state index in [1.165, 1.54) is 19.1 Å². The Balaban J connectivity index is 1.83. The standard InChI is InChI=1S/C25H25F5N2O6/c1-11-19(13-4-5-14(26)20(27)22(13)36-3)23(38-24(11,2)25(28,29)30)16-8-17(35)21-15(31-16)6-7-18(32-21)37-10-12(34)9-33/h4-8,11-12,19,23,33-34H,9-10H2,1-3H3,(H,31,35)/t11-,12?,19-,23-,24+/m0/s1. The molecule has 3 aromatic rings. The lowest BCUT2D eigenvalue weighted by atomic mass is 9.76. The number of aliphatic hydroxyl groups excluding tert-OH is 2. The Kier molecular flexibility index (Phi) is 7.38. The highest BCUT2D eigenvalue weighted by Gasteiger charge is 2.65. The van der Waals surface area contributed by atoms with Gasteiger partial charge in [-0.15, -0.1) is 0 Å². The zero-order chi connectivity index (χ0) is 28.0. The smallest absolute Gasteiger partial charge is 0.417 e. The molecular formula is C25H25F5N2O6. The summed E-state index contributed by atoms with van der Waals surface area (Å²) in [5.41, 5.74) is -3.41. The molecule has 3 N–H and O–H groups in total. The molecule has 1 fully saturated rings. The first-order valence-electron chi connectivity index (χ1n) is 11.5. The van der Waals surface area contributed by atoms with E-state index in [0.717, 1.165) is 32.2 Å². The maximum Gasteiger partial charge on any atom is 0.417 e. The summed E-state index contributed by atoms with van der Waals surface area (Å²) in [6.07, 6.45) is -7.43. The van der Waals surface area contributed by atoms with E-state index in [4.69, 9.17) is 19.3 Å². The maximum atomic E-state index is 14.6. The minimum Gasteiger partial charge on any atom is -0.493 e. The van der Waals surface area contributed by atoms with Crippen LogP contribution >= 0.6 is 0 Å².